The Bertz CT molecular complexity index is 550. The fourth-order valence-electron chi connectivity index (χ4n) is 1.71. The van der Waals surface area contributed by atoms with Gasteiger partial charge in [0.05, 0.1) is 17.5 Å². The molecule has 5 N–H and O–H groups in total. The maximum Gasteiger partial charge on any atom is 0.119 e. The zero-order chi connectivity index (χ0) is 13.8. The van der Waals surface area contributed by atoms with Crippen molar-refractivity contribution in [3.8, 4) is 5.75 Å². The lowest BCUT2D eigenvalue weighted by atomic mass is 10.2. The van der Waals surface area contributed by atoms with E-state index in [0.29, 0.717) is 11.4 Å². The summed E-state index contributed by atoms with van der Waals surface area (Å²) in [4.78, 5) is 0. The van der Waals surface area contributed by atoms with Gasteiger partial charge < -0.3 is 21.5 Å². The fourth-order valence-corrected chi connectivity index (χ4v) is 1.71. The summed E-state index contributed by atoms with van der Waals surface area (Å²) in [6, 6.07) is 13.3. The fraction of sp³-hybridized carbons (Fsp3) is 0.200. The molecule has 0 aliphatic heterocycles. The highest BCUT2D eigenvalue weighted by Crippen LogP contribution is 2.24. The summed E-state index contributed by atoms with van der Waals surface area (Å²) in [5.74, 6) is 0.859. The van der Waals surface area contributed by atoms with Crippen molar-refractivity contribution < 1.29 is 4.74 Å². The molecule has 0 saturated heterocycles. The van der Waals surface area contributed by atoms with Crippen LogP contribution in [-0.4, -0.2) is 6.10 Å². The molecule has 19 heavy (non-hydrogen) atoms. The topological polar surface area (TPSA) is 73.3 Å². The number of nitrogens with one attached hydrogen (secondary N) is 1. The molecule has 0 bridgehead atoms. The number of hydrogen-bond acceptors (Lipinski definition) is 4. The van der Waals surface area contributed by atoms with Crippen molar-refractivity contribution >= 4 is 22.7 Å². The van der Waals surface area contributed by atoms with Crippen LogP contribution < -0.4 is 21.5 Å². The Hall–Kier alpha value is -2.36. The van der Waals surface area contributed by atoms with E-state index < -0.39 is 0 Å². The molecule has 0 unspecified atom stereocenters. The van der Waals surface area contributed by atoms with E-state index in [4.69, 9.17) is 16.2 Å². The first-order valence-electron chi connectivity index (χ1n) is 6.23. The van der Waals surface area contributed by atoms with Crippen LogP contribution in [0.2, 0.25) is 0 Å². The molecule has 0 radical (unpaired) electrons. The van der Waals surface area contributed by atoms with Crippen LogP contribution in [-0.2, 0) is 0 Å². The van der Waals surface area contributed by atoms with Gasteiger partial charge in [-0.1, -0.05) is 0 Å². The van der Waals surface area contributed by atoms with Crippen molar-refractivity contribution in [2.24, 2.45) is 0 Å². The minimum absolute atomic E-state index is 0.177. The molecule has 0 fully saturated rings. The number of anilines is 4. The van der Waals surface area contributed by atoms with Gasteiger partial charge in [-0.25, -0.2) is 0 Å². The largest absolute Gasteiger partial charge is 0.491 e. The van der Waals surface area contributed by atoms with Crippen LogP contribution in [0.1, 0.15) is 13.8 Å². The number of benzene rings is 2. The van der Waals surface area contributed by atoms with Crippen molar-refractivity contribution in [2.75, 3.05) is 16.8 Å². The van der Waals surface area contributed by atoms with E-state index >= 15 is 0 Å². The minimum atomic E-state index is 0.177. The molecule has 0 aliphatic carbocycles. The Kier molecular flexibility index (Phi) is 3.80. The Labute approximate surface area is 113 Å². The van der Waals surface area contributed by atoms with Crippen LogP contribution in [0.4, 0.5) is 22.7 Å². The highest BCUT2D eigenvalue weighted by atomic mass is 16.5. The number of nitrogens with two attached hydrogens (primary N) is 2. The van der Waals surface area contributed by atoms with Gasteiger partial charge in [-0.05, 0) is 56.3 Å². The SMILES string of the molecule is CC(C)Oc1ccc(Nc2ccc(N)c(N)c2)cc1. The van der Waals surface area contributed by atoms with Gasteiger partial charge in [0.1, 0.15) is 5.75 Å². The molecule has 0 saturated carbocycles. The van der Waals surface area contributed by atoms with Crippen LogP contribution in [0.5, 0.6) is 5.75 Å². The van der Waals surface area contributed by atoms with Gasteiger partial charge in [0.25, 0.3) is 0 Å². The quantitative estimate of drug-likeness (QED) is 0.734. The highest BCUT2D eigenvalue weighted by Gasteiger charge is 2.00. The van der Waals surface area contributed by atoms with Gasteiger partial charge in [-0.2, -0.15) is 0 Å². The van der Waals surface area contributed by atoms with Crippen molar-refractivity contribution in [3.05, 3.63) is 42.5 Å². The number of rotatable bonds is 4. The molecule has 2 rings (SSSR count). The first-order valence-corrected chi connectivity index (χ1v) is 6.23. The summed E-state index contributed by atoms with van der Waals surface area (Å²) in [5, 5.41) is 3.26. The zero-order valence-corrected chi connectivity index (χ0v) is 11.2. The Balaban J connectivity index is 2.08. The summed E-state index contributed by atoms with van der Waals surface area (Å²) in [7, 11) is 0. The molecule has 0 aromatic heterocycles. The third-order valence-electron chi connectivity index (χ3n) is 2.60. The zero-order valence-electron chi connectivity index (χ0n) is 11.2. The maximum absolute atomic E-state index is 5.77. The molecule has 2 aromatic carbocycles. The van der Waals surface area contributed by atoms with Gasteiger partial charge in [-0.15, -0.1) is 0 Å². The summed E-state index contributed by atoms with van der Waals surface area (Å²) < 4.78 is 5.59. The van der Waals surface area contributed by atoms with Gasteiger partial charge >= 0.3 is 0 Å². The number of hydrogen-bond donors (Lipinski definition) is 3. The average Bonchev–Trinajstić information content (AvgIpc) is 2.36. The molecule has 100 valence electrons. The second kappa shape index (κ2) is 5.52. The van der Waals surface area contributed by atoms with Crippen molar-refractivity contribution in [1.82, 2.24) is 0 Å². The molecular formula is C15H19N3O. The number of nitrogen functional groups attached to an aromatic ring is 2. The lowest BCUT2D eigenvalue weighted by Crippen LogP contribution is -2.05. The summed E-state index contributed by atoms with van der Waals surface area (Å²) in [6.07, 6.45) is 0.177. The average molecular weight is 257 g/mol. The third kappa shape index (κ3) is 3.55. The second-order valence-electron chi connectivity index (χ2n) is 4.66. The van der Waals surface area contributed by atoms with E-state index in [2.05, 4.69) is 5.32 Å². The smallest absolute Gasteiger partial charge is 0.119 e. The molecule has 4 heteroatoms. The predicted octanol–water partition coefficient (Wildman–Crippen LogP) is 3.38. The van der Waals surface area contributed by atoms with Crippen LogP contribution >= 0.6 is 0 Å². The standard InChI is InChI=1S/C15H19N3O/c1-10(2)19-13-6-3-11(4-7-13)18-12-5-8-14(16)15(17)9-12/h3-10,18H,16-17H2,1-2H3. The van der Waals surface area contributed by atoms with Crippen LogP contribution in [0.15, 0.2) is 42.5 Å². The summed E-state index contributed by atoms with van der Waals surface area (Å²) in [5.41, 5.74) is 14.5. The lowest BCUT2D eigenvalue weighted by molar-refractivity contribution is 0.242. The van der Waals surface area contributed by atoms with Crippen LogP contribution in [0.25, 0.3) is 0 Å². The first-order chi connectivity index (χ1) is 9.04. The third-order valence-corrected chi connectivity index (χ3v) is 2.60. The second-order valence-corrected chi connectivity index (χ2v) is 4.66. The molecule has 0 heterocycles. The van der Waals surface area contributed by atoms with E-state index in [1.807, 2.05) is 50.2 Å². The summed E-state index contributed by atoms with van der Waals surface area (Å²) >= 11 is 0. The molecule has 0 atom stereocenters. The Morgan fingerprint density at radius 2 is 1.53 bits per heavy atom. The maximum atomic E-state index is 5.77. The van der Waals surface area contributed by atoms with Gasteiger partial charge in [0.15, 0.2) is 0 Å². The normalized spacial score (nSPS) is 10.5. The van der Waals surface area contributed by atoms with Crippen LogP contribution in [0, 0.1) is 0 Å². The Morgan fingerprint density at radius 3 is 2.11 bits per heavy atom. The predicted molar refractivity (Wildman–Crippen MR) is 80.8 cm³/mol. The van der Waals surface area contributed by atoms with E-state index in [1.165, 1.54) is 0 Å². The summed E-state index contributed by atoms with van der Waals surface area (Å²) in [6.45, 7) is 4.01. The first kappa shape index (κ1) is 13.1. The molecule has 0 aliphatic rings. The molecule has 4 nitrogen and oxygen atoms in total. The minimum Gasteiger partial charge on any atom is -0.491 e. The van der Waals surface area contributed by atoms with E-state index in [1.54, 1.807) is 6.07 Å². The van der Waals surface area contributed by atoms with Crippen molar-refractivity contribution in [2.45, 2.75) is 20.0 Å². The van der Waals surface area contributed by atoms with Gasteiger partial charge in [0.2, 0.25) is 0 Å². The molecular weight excluding hydrogens is 238 g/mol. The van der Waals surface area contributed by atoms with E-state index in [9.17, 15) is 0 Å². The van der Waals surface area contributed by atoms with Crippen molar-refractivity contribution in [1.29, 1.82) is 0 Å². The van der Waals surface area contributed by atoms with Crippen molar-refractivity contribution in [3.63, 3.8) is 0 Å². The van der Waals surface area contributed by atoms with Gasteiger partial charge in [-0.3, -0.25) is 0 Å². The number of ether oxygens (including phenoxy) is 1. The lowest BCUT2D eigenvalue weighted by Gasteiger charge is -2.11. The highest BCUT2D eigenvalue weighted by molar-refractivity contribution is 5.72. The van der Waals surface area contributed by atoms with Gasteiger partial charge in [0, 0.05) is 11.4 Å². The monoisotopic (exact) mass is 257 g/mol. The van der Waals surface area contributed by atoms with Crippen LogP contribution in [0.3, 0.4) is 0 Å². The van der Waals surface area contributed by atoms with E-state index in [-0.39, 0.29) is 6.10 Å². The molecule has 0 spiro atoms. The van der Waals surface area contributed by atoms with E-state index in [0.717, 1.165) is 17.1 Å². The molecule has 2 aromatic rings. The molecule has 0 amide bonds. The Morgan fingerprint density at radius 1 is 0.895 bits per heavy atom.